The van der Waals surface area contributed by atoms with Crippen molar-refractivity contribution >= 4 is 17.8 Å². The van der Waals surface area contributed by atoms with Crippen molar-refractivity contribution in [1.82, 2.24) is 25.7 Å². The van der Waals surface area contributed by atoms with Gasteiger partial charge in [0, 0.05) is 19.3 Å². The predicted octanol–water partition coefficient (Wildman–Crippen LogP) is -4.82. The van der Waals surface area contributed by atoms with Crippen molar-refractivity contribution in [2.75, 3.05) is 19.7 Å². The van der Waals surface area contributed by atoms with Crippen LogP contribution in [0.1, 0.15) is 24.5 Å². The number of nitrogens with one attached hydrogen (secondary N) is 5. The first-order valence-corrected chi connectivity index (χ1v) is 9.87. The summed E-state index contributed by atoms with van der Waals surface area (Å²) >= 11 is 0. The van der Waals surface area contributed by atoms with E-state index in [0.717, 1.165) is 6.20 Å². The summed E-state index contributed by atoms with van der Waals surface area (Å²) in [6.45, 7) is -1.23. The van der Waals surface area contributed by atoms with Crippen molar-refractivity contribution in [2.24, 2.45) is 5.73 Å². The average Bonchev–Trinajstić information content (AvgIpc) is 3.04. The quantitative estimate of drug-likeness (QED) is 0.0666. The monoisotopic (exact) mass is 473 g/mol. The second kappa shape index (κ2) is 11.5. The second-order valence-electron chi connectivity index (χ2n) is 7.24. The van der Waals surface area contributed by atoms with Gasteiger partial charge in [-0.15, -0.1) is 0 Å². The van der Waals surface area contributed by atoms with Crippen LogP contribution < -0.4 is 27.6 Å². The molecule has 0 saturated carbocycles. The minimum absolute atomic E-state index is 0.0703. The molecule has 184 valence electrons. The third kappa shape index (κ3) is 6.59. The van der Waals surface area contributed by atoms with Gasteiger partial charge in [-0.25, -0.2) is 9.86 Å². The number of aromatic amines is 2. The SMILES string of the molecule is N=C(N)NCC(=O)N(O)[C@@H](CCCO)C(=O)NC[C@H]1O[C@@H](c2c[nH]c(=O)[nH]c2=O)[C@H](O)[C@@H]1O. The lowest BCUT2D eigenvalue weighted by Gasteiger charge is -2.26. The van der Waals surface area contributed by atoms with E-state index in [0.29, 0.717) is 0 Å². The summed E-state index contributed by atoms with van der Waals surface area (Å²) in [6.07, 6.45) is -4.51. The van der Waals surface area contributed by atoms with E-state index < -0.39 is 66.0 Å². The van der Waals surface area contributed by atoms with Gasteiger partial charge in [0.15, 0.2) is 5.96 Å². The number of carbonyl (C=O) groups is 2. The Morgan fingerprint density at radius 2 is 1.97 bits per heavy atom. The number of aliphatic hydroxyl groups excluding tert-OH is 3. The number of aliphatic hydroxyl groups is 3. The van der Waals surface area contributed by atoms with Crippen molar-refractivity contribution in [2.45, 2.75) is 43.3 Å². The van der Waals surface area contributed by atoms with Crippen LogP contribution in [0, 0.1) is 5.41 Å². The van der Waals surface area contributed by atoms with Gasteiger partial charge < -0.3 is 41.4 Å². The summed E-state index contributed by atoms with van der Waals surface area (Å²) in [4.78, 5) is 51.9. The number of aromatic nitrogens is 2. The first kappa shape index (κ1) is 25.9. The Kier molecular flexibility index (Phi) is 9.06. The molecule has 0 bridgehead atoms. The molecule has 2 amide bonds. The van der Waals surface area contributed by atoms with Gasteiger partial charge in [-0.2, -0.15) is 0 Å². The second-order valence-corrected chi connectivity index (χ2v) is 7.24. The molecule has 1 aromatic heterocycles. The normalized spacial score (nSPS) is 23.0. The summed E-state index contributed by atoms with van der Waals surface area (Å²) in [6, 6.07) is -1.42. The number of ether oxygens (including phenoxy) is 1. The molecule has 1 aromatic rings. The average molecular weight is 473 g/mol. The van der Waals surface area contributed by atoms with Crippen molar-refractivity contribution in [3.63, 3.8) is 0 Å². The highest BCUT2D eigenvalue weighted by Crippen LogP contribution is 2.31. The molecule has 1 aliphatic heterocycles. The third-order valence-corrected chi connectivity index (χ3v) is 4.91. The highest BCUT2D eigenvalue weighted by molar-refractivity contribution is 5.89. The van der Waals surface area contributed by atoms with E-state index in [1.807, 2.05) is 4.98 Å². The van der Waals surface area contributed by atoms with E-state index >= 15 is 0 Å². The van der Waals surface area contributed by atoms with Crippen LogP contribution in [0.3, 0.4) is 0 Å². The van der Waals surface area contributed by atoms with Crippen LogP contribution in [0.25, 0.3) is 0 Å². The molecule has 2 heterocycles. The molecule has 1 aliphatic rings. The van der Waals surface area contributed by atoms with E-state index in [1.165, 1.54) is 0 Å². The summed E-state index contributed by atoms with van der Waals surface area (Å²) in [7, 11) is 0. The van der Waals surface area contributed by atoms with Gasteiger partial charge in [0.1, 0.15) is 30.5 Å². The number of H-pyrrole nitrogens is 2. The van der Waals surface area contributed by atoms with Gasteiger partial charge >= 0.3 is 5.69 Å². The van der Waals surface area contributed by atoms with Crippen LogP contribution >= 0.6 is 0 Å². The number of hydrogen-bond acceptors (Lipinski definition) is 10. The number of nitrogens with two attached hydrogens (primary N) is 1. The fourth-order valence-electron chi connectivity index (χ4n) is 3.20. The highest BCUT2D eigenvalue weighted by atomic mass is 16.5. The maximum absolute atomic E-state index is 12.6. The highest BCUT2D eigenvalue weighted by Gasteiger charge is 2.44. The maximum atomic E-state index is 12.6. The largest absolute Gasteiger partial charge is 0.396 e. The Bertz CT molecular complexity index is 965. The zero-order valence-corrected chi connectivity index (χ0v) is 17.4. The molecule has 5 atom stereocenters. The van der Waals surface area contributed by atoms with Crippen molar-refractivity contribution in [1.29, 1.82) is 5.41 Å². The number of rotatable bonds is 10. The molecule has 0 spiro atoms. The molecule has 2 rings (SSSR count). The van der Waals surface area contributed by atoms with Gasteiger partial charge in [0.2, 0.25) is 5.91 Å². The molecule has 0 aliphatic carbocycles. The minimum atomic E-state index is -1.54. The molecule has 16 nitrogen and oxygen atoms in total. The number of carbonyl (C=O) groups excluding carboxylic acids is 2. The van der Waals surface area contributed by atoms with Crippen LogP contribution in [0.2, 0.25) is 0 Å². The lowest BCUT2D eigenvalue weighted by Crippen LogP contribution is -2.52. The summed E-state index contributed by atoms with van der Waals surface area (Å²) in [5, 5.41) is 51.4. The van der Waals surface area contributed by atoms with Crippen molar-refractivity contribution in [3.05, 3.63) is 32.6 Å². The topological polar surface area (TPSA) is 267 Å². The van der Waals surface area contributed by atoms with Crippen molar-refractivity contribution < 1.29 is 34.9 Å². The van der Waals surface area contributed by atoms with Gasteiger partial charge in [-0.05, 0) is 12.8 Å². The molecule has 0 radical (unpaired) electrons. The molecule has 11 N–H and O–H groups in total. The van der Waals surface area contributed by atoms with Crippen LogP contribution in [0.4, 0.5) is 0 Å². The Hall–Kier alpha value is -3.31. The van der Waals surface area contributed by atoms with E-state index in [1.54, 1.807) is 0 Å². The molecule has 0 aromatic carbocycles. The molecule has 0 unspecified atom stereocenters. The Morgan fingerprint density at radius 3 is 2.58 bits per heavy atom. The zero-order valence-electron chi connectivity index (χ0n) is 17.4. The summed E-state index contributed by atoms with van der Waals surface area (Å²) in [5.41, 5.74) is 3.35. The zero-order chi connectivity index (χ0) is 24.7. The fraction of sp³-hybridized carbons (Fsp3) is 0.588. The van der Waals surface area contributed by atoms with Gasteiger partial charge in [0.05, 0.1) is 12.1 Å². The number of amides is 2. The summed E-state index contributed by atoms with van der Waals surface area (Å²) < 4.78 is 5.49. The fourth-order valence-corrected chi connectivity index (χ4v) is 3.20. The minimum Gasteiger partial charge on any atom is -0.396 e. The van der Waals surface area contributed by atoms with Crippen LogP contribution in [0.15, 0.2) is 15.8 Å². The molecule has 33 heavy (non-hydrogen) atoms. The first-order valence-electron chi connectivity index (χ1n) is 9.87. The lowest BCUT2D eigenvalue weighted by atomic mass is 10.0. The van der Waals surface area contributed by atoms with E-state index in [4.69, 9.17) is 21.0 Å². The van der Waals surface area contributed by atoms with Gasteiger partial charge in [-0.3, -0.25) is 30.0 Å². The molecule has 1 saturated heterocycles. The standard InChI is InChI=1S/C17H27N7O9/c18-16(19)21-6-10(26)24(32)8(2-1-3-25)15(30)20-5-9-11(27)12(28)13(33-9)7-4-22-17(31)23-14(7)29/h4,8-9,11-13,25,27-28,32H,1-3,5-6H2,(H,20,30)(H4,18,19,21)(H2,22,23,29,31)/t8-,9+,11+,12+,13-/m0/s1. The van der Waals surface area contributed by atoms with Crippen LogP contribution in [-0.4, -0.2) is 97.4 Å². The molecular formula is C17H27N7O9. The Labute approximate surface area is 185 Å². The van der Waals surface area contributed by atoms with Crippen LogP contribution in [-0.2, 0) is 14.3 Å². The number of guanidine groups is 1. The van der Waals surface area contributed by atoms with Crippen molar-refractivity contribution in [3.8, 4) is 0 Å². The molecule has 1 fully saturated rings. The number of hydrogen-bond donors (Lipinski definition) is 10. The number of nitrogens with zero attached hydrogens (tertiary/aromatic N) is 1. The third-order valence-electron chi connectivity index (χ3n) is 4.91. The van der Waals surface area contributed by atoms with E-state index in [-0.39, 0.29) is 36.6 Å². The first-order chi connectivity index (χ1) is 15.6. The molecule has 16 heteroatoms. The van der Waals surface area contributed by atoms with Gasteiger partial charge in [0.25, 0.3) is 11.5 Å². The lowest BCUT2D eigenvalue weighted by molar-refractivity contribution is -0.179. The predicted molar refractivity (Wildman–Crippen MR) is 109 cm³/mol. The smallest absolute Gasteiger partial charge is 0.325 e. The maximum Gasteiger partial charge on any atom is 0.325 e. The van der Waals surface area contributed by atoms with Gasteiger partial charge in [-0.1, -0.05) is 0 Å². The molecular weight excluding hydrogens is 446 g/mol. The Morgan fingerprint density at radius 1 is 1.27 bits per heavy atom. The number of hydroxylamine groups is 2. The van der Waals surface area contributed by atoms with E-state index in [9.17, 15) is 34.6 Å². The Balaban J connectivity index is 2.04. The summed E-state index contributed by atoms with van der Waals surface area (Å²) in [5.74, 6) is -2.33. The van der Waals surface area contributed by atoms with E-state index in [2.05, 4.69) is 15.6 Å². The van der Waals surface area contributed by atoms with Crippen LogP contribution in [0.5, 0.6) is 0 Å².